The molecular formula is C13H17NS. The van der Waals surface area contributed by atoms with Gasteiger partial charge in [0.25, 0.3) is 0 Å². The SMILES string of the molecule is C#CCC(NC)c1cc2c(s1)CCCC2. The zero-order valence-corrected chi connectivity index (χ0v) is 9.99. The van der Waals surface area contributed by atoms with Crippen molar-refractivity contribution in [3.63, 3.8) is 0 Å². The number of rotatable bonds is 3. The molecule has 0 bridgehead atoms. The zero-order valence-electron chi connectivity index (χ0n) is 9.18. The molecule has 1 unspecified atom stereocenters. The van der Waals surface area contributed by atoms with Crippen molar-refractivity contribution in [1.82, 2.24) is 5.32 Å². The molecular weight excluding hydrogens is 202 g/mol. The topological polar surface area (TPSA) is 12.0 Å². The van der Waals surface area contributed by atoms with Crippen LogP contribution in [0, 0.1) is 12.3 Å². The first-order valence-electron chi connectivity index (χ1n) is 5.57. The van der Waals surface area contributed by atoms with Gasteiger partial charge in [0.2, 0.25) is 0 Å². The van der Waals surface area contributed by atoms with Crippen molar-refractivity contribution in [2.24, 2.45) is 0 Å². The second-order valence-electron chi connectivity index (χ2n) is 4.05. The summed E-state index contributed by atoms with van der Waals surface area (Å²) in [6, 6.07) is 2.71. The molecule has 0 saturated heterocycles. The Morgan fingerprint density at radius 1 is 1.53 bits per heavy atom. The van der Waals surface area contributed by atoms with Crippen LogP contribution in [0.5, 0.6) is 0 Å². The molecule has 0 saturated carbocycles. The lowest BCUT2D eigenvalue weighted by molar-refractivity contribution is 0.621. The fourth-order valence-electron chi connectivity index (χ4n) is 2.15. The highest BCUT2D eigenvalue weighted by molar-refractivity contribution is 7.12. The molecule has 1 aliphatic rings. The van der Waals surface area contributed by atoms with Crippen LogP contribution in [0.4, 0.5) is 0 Å². The molecule has 1 aliphatic carbocycles. The number of hydrogen-bond donors (Lipinski definition) is 1. The van der Waals surface area contributed by atoms with Gasteiger partial charge in [-0.05, 0) is 44.4 Å². The maximum atomic E-state index is 5.38. The molecule has 80 valence electrons. The normalized spacial score (nSPS) is 16.8. The third-order valence-electron chi connectivity index (χ3n) is 3.03. The highest BCUT2D eigenvalue weighted by Crippen LogP contribution is 2.33. The van der Waals surface area contributed by atoms with E-state index >= 15 is 0 Å². The van der Waals surface area contributed by atoms with Gasteiger partial charge in [-0.1, -0.05) is 0 Å². The predicted octanol–water partition coefficient (Wildman–Crippen LogP) is 2.91. The van der Waals surface area contributed by atoms with Crippen molar-refractivity contribution in [3.8, 4) is 12.3 Å². The number of fused-ring (bicyclic) bond motifs is 1. The van der Waals surface area contributed by atoms with Crippen LogP contribution in [-0.4, -0.2) is 7.05 Å². The van der Waals surface area contributed by atoms with Gasteiger partial charge in [-0.3, -0.25) is 0 Å². The van der Waals surface area contributed by atoms with Crippen LogP contribution in [0.3, 0.4) is 0 Å². The number of hydrogen-bond acceptors (Lipinski definition) is 2. The summed E-state index contributed by atoms with van der Waals surface area (Å²) in [4.78, 5) is 3.01. The Balaban J connectivity index is 2.21. The minimum atomic E-state index is 0.352. The van der Waals surface area contributed by atoms with Crippen LogP contribution in [0.15, 0.2) is 6.07 Å². The van der Waals surface area contributed by atoms with Crippen LogP contribution in [0.25, 0.3) is 0 Å². The van der Waals surface area contributed by atoms with E-state index in [1.807, 2.05) is 18.4 Å². The van der Waals surface area contributed by atoms with Gasteiger partial charge in [-0.25, -0.2) is 0 Å². The van der Waals surface area contributed by atoms with Gasteiger partial charge in [0.15, 0.2) is 0 Å². The molecule has 15 heavy (non-hydrogen) atoms. The Kier molecular flexibility index (Phi) is 3.45. The molecule has 0 radical (unpaired) electrons. The minimum absolute atomic E-state index is 0.352. The van der Waals surface area contributed by atoms with Gasteiger partial charge in [0.05, 0.1) is 6.04 Å². The van der Waals surface area contributed by atoms with Crippen molar-refractivity contribution >= 4 is 11.3 Å². The molecule has 0 aliphatic heterocycles. The summed E-state index contributed by atoms with van der Waals surface area (Å²) < 4.78 is 0. The molecule has 2 heteroatoms. The molecule has 1 heterocycles. The summed E-state index contributed by atoms with van der Waals surface area (Å²) in [6.07, 6.45) is 11.4. The molecule has 1 atom stereocenters. The molecule has 0 fully saturated rings. The van der Waals surface area contributed by atoms with Crippen molar-refractivity contribution < 1.29 is 0 Å². The van der Waals surface area contributed by atoms with Gasteiger partial charge in [-0.2, -0.15) is 0 Å². The fourth-order valence-corrected chi connectivity index (χ4v) is 3.52. The van der Waals surface area contributed by atoms with E-state index in [0.717, 1.165) is 6.42 Å². The van der Waals surface area contributed by atoms with Gasteiger partial charge in [0.1, 0.15) is 0 Å². The van der Waals surface area contributed by atoms with Crippen LogP contribution in [0.2, 0.25) is 0 Å². The second-order valence-corrected chi connectivity index (χ2v) is 5.22. The molecule has 0 amide bonds. The van der Waals surface area contributed by atoms with Crippen molar-refractivity contribution in [3.05, 3.63) is 21.4 Å². The molecule has 1 nitrogen and oxygen atoms in total. The summed E-state index contributed by atoms with van der Waals surface area (Å²) in [5, 5.41) is 3.30. The highest BCUT2D eigenvalue weighted by atomic mass is 32.1. The molecule has 1 aromatic heterocycles. The lowest BCUT2D eigenvalue weighted by Gasteiger charge is -2.09. The molecule has 0 spiro atoms. The third kappa shape index (κ3) is 2.25. The first-order chi connectivity index (χ1) is 7.35. The van der Waals surface area contributed by atoms with E-state index in [-0.39, 0.29) is 0 Å². The number of terminal acetylenes is 1. The Hall–Kier alpha value is -0.780. The standard InChI is InChI=1S/C13H17NS/c1-3-6-11(14-2)13-9-10-7-4-5-8-12(10)15-13/h1,9,11,14H,4-8H2,2H3. The van der Waals surface area contributed by atoms with Crippen molar-refractivity contribution in [2.45, 2.75) is 38.1 Å². The summed E-state index contributed by atoms with van der Waals surface area (Å²) in [5.74, 6) is 2.74. The number of nitrogens with one attached hydrogen (secondary N) is 1. The van der Waals surface area contributed by atoms with Gasteiger partial charge in [0, 0.05) is 16.2 Å². The average Bonchev–Trinajstić information content (AvgIpc) is 2.69. The summed E-state index contributed by atoms with van der Waals surface area (Å²) in [7, 11) is 1.99. The summed E-state index contributed by atoms with van der Waals surface area (Å²) >= 11 is 1.95. The monoisotopic (exact) mass is 219 g/mol. The predicted molar refractivity (Wildman–Crippen MR) is 66.2 cm³/mol. The van der Waals surface area contributed by atoms with Gasteiger partial charge in [-0.15, -0.1) is 23.7 Å². The Labute approximate surface area is 95.9 Å². The second kappa shape index (κ2) is 4.83. The largest absolute Gasteiger partial charge is 0.312 e. The van der Waals surface area contributed by atoms with Crippen molar-refractivity contribution in [2.75, 3.05) is 7.05 Å². The molecule has 0 aromatic carbocycles. The average molecular weight is 219 g/mol. The summed E-state index contributed by atoms with van der Waals surface area (Å²) in [5.41, 5.74) is 1.57. The smallest absolute Gasteiger partial charge is 0.0523 e. The molecule has 1 N–H and O–H groups in total. The third-order valence-corrected chi connectivity index (χ3v) is 4.38. The van der Waals surface area contributed by atoms with E-state index in [9.17, 15) is 0 Å². The number of thiophene rings is 1. The quantitative estimate of drug-likeness (QED) is 0.771. The highest BCUT2D eigenvalue weighted by Gasteiger charge is 2.17. The van der Waals surface area contributed by atoms with Crippen LogP contribution < -0.4 is 5.32 Å². The van der Waals surface area contributed by atoms with E-state index < -0.39 is 0 Å². The molecule has 1 aromatic rings. The van der Waals surface area contributed by atoms with Crippen molar-refractivity contribution in [1.29, 1.82) is 0 Å². The maximum Gasteiger partial charge on any atom is 0.0523 e. The Morgan fingerprint density at radius 3 is 3.00 bits per heavy atom. The Morgan fingerprint density at radius 2 is 2.33 bits per heavy atom. The van der Waals surface area contributed by atoms with E-state index in [4.69, 9.17) is 6.42 Å². The zero-order chi connectivity index (χ0) is 10.7. The molecule has 2 rings (SSSR count). The summed E-state index contributed by atoms with van der Waals surface area (Å²) in [6.45, 7) is 0. The first kappa shape index (κ1) is 10.7. The number of aryl methyl sites for hydroxylation is 2. The van der Waals surface area contributed by atoms with E-state index in [1.165, 1.54) is 30.6 Å². The maximum absolute atomic E-state index is 5.38. The van der Waals surface area contributed by atoms with E-state index in [0.29, 0.717) is 6.04 Å². The minimum Gasteiger partial charge on any atom is -0.312 e. The first-order valence-corrected chi connectivity index (χ1v) is 6.39. The van der Waals surface area contributed by atoms with E-state index in [2.05, 4.69) is 17.3 Å². The van der Waals surface area contributed by atoms with Crippen LogP contribution >= 0.6 is 11.3 Å². The van der Waals surface area contributed by atoms with Crippen LogP contribution in [0.1, 0.15) is 40.6 Å². The lowest BCUT2D eigenvalue weighted by atomic mass is 9.98. The lowest BCUT2D eigenvalue weighted by Crippen LogP contribution is -2.14. The van der Waals surface area contributed by atoms with Crippen LogP contribution in [-0.2, 0) is 12.8 Å². The van der Waals surface area contributed by atoms with Gasteiger partial charge < -0.3 is 5.32 Å². The fraction of sp³-hybridized carbons (Fsp3) is 0.538. The van der Waals surface area contributed by atoms with E-state index in [1.54, 1.807) is 10.4 Å². The Bertz CT molecular complexity index is 349. The van der Waals surface area contributed by atoms with Gasteiger partial charge >= 0.3 is 0 Å².